The Morgan fingerprint density at radius 3 is 2.34 bits per heavy atom. The van der Waals surface area contributed by atoms with Crippen LogP contribution in [0.2, 0.25) is 0 Å². The molecule has 50 heavy (non-hydrogen) atoms. The lowest BCUT2D eigenvalue weighted by Gasteiger charge is -2.60. The fourth-order valence-corrected chi connectivity index (χ4v) is 12.4. The van der Waals surface area contributed by atoms with Crippen molar-refractivity contribution in [1.82, 2.24) is 0 Å². The second kappa shape index (κ2) is 12.9. The number of aliphatic hydroxyl groups is 6. The molecule has 0 unspecified atom stereocenters. The first-order chi connectivity index (χ1) is 23.7. The van der Waals surface area contributed by atoms with Gasteiger partial charge in [-0.25, -0.2) is 0 Å². The van der Waals surface area contributed by atoms with Gasteiger partial charge in [-0.2, -0.15) is 0 Å². The SMILES string of the molecule is C[C@@H]1CC[C@@]2(OC1)O[C@H]1C[C@H]3[C@@H]4CC=C5C[C@@H](O)C[C@@H](O[C@@H]6OC[C@H](O)[C@H](O)[C@H]6O[C@@H]6O[C@@H](C)[C@H](O)[C@@H](O)[C@H]6O)[C@]5(C)[C@H]4CC[C@]3(C)[C@H]1[C@@H]2C. The topological polar surface area (TPSA) is 177 Å². The molecule has 4 aliphatic heterocycles. The van der Waals surface area contributed by atoms with E-state index in [1.807, 2.05) is 0 Å². The van der Waals surface area contributed by atoms with Crippen molar-refractivity contribution in [2.24, 2.45) is 46.3 Å². The first kappa shape index (κ1) is 36.2. The van der Waals surface area contributed by atoms with Gasteiger partial charge in [-0.1, -0.05) is 39.3 Å². The molecule has 0 bridgehead atoms. The molecule has 6 N–H and O–H groups in total. The summed E-state index contributed by atoms with van der Waals surface area (Å²) in [6.07, 6.45) is -3.26. The number of ether oxygens (including phenoxy) is 6. The Morgan fingerprint density at radius 2 is 1.60 bits per heavy atom. The van der Waals surface area contributed by atoms with E-state index >= 15 is 0 Å². The van der Waals surface area contributed by atoms with Crippen molar-refractivity contribution >= 4 is 0 Å². The molecule has 1 spiro atoms. The average molecular weight is 709 g/mol. The van der Waals surface area contributed by atoms with Gasteiger partial charge in [0.05, 0.1) is 37.6 Å². The summed E-state index contributed by atoms with van der Waals surface area (Å²) in [5.74, 6) is 2.08. The molecule has 0 aromatic rings. The van der Waals surface area contributed by atoms with Crippen molar-refractivity contribution in [2.45, 2.75) is 165 Å². The van der Waals surface area contributed by atoms with Gasteiger partial charge in [0.2, 0.25) is 0 Å². The van der Waals surface area contributed by atoms with Gasteiger partial charge in [0.25, 0.3) is 0 Å². The highest BCUT2D eigenvalue weighted by molar-refractivity contribution is 5.28. The third-order valence-electron chi connectivity index (χ3n) is 15.2. The summed E-state index contributed by atoms with van der Waals surface area (Å²) in [6.45, 7) is 11.5. The Hall–Kier alpha value is -0.740. The van der Waals surface area contributed by atoms with E-state index < -0.39 is 78.7 Å². The van der Waals surface area contributed by atoms with Crippen LogP contribution in [0, 0.1) is 46.3 Å². The number of hydrogen-bond acceptors (Lipinski definition) is 12. The third-order valence-corrected chi connectivity index (χ3v) is 15.2. The fraction of sp³-hybridized carbons (Fsp3) is 0.947. The highest BCUT2D eigenvalue weighted by Crippen LogP contribution is 2.71. The van der Waals surface area contributed by atoms with Gasteiger partial charge in [-0.3, -0.25) is 0 Å². The molecule has 3 saturated carbocycles. The van der Waals surface area contributed by atoms with Crippen molar-refractivity contribution in [3.05, 3.63) is 11.6 Å². The Bertz CT molecular complexity index is 1290. The largest absolute Gasteiger partial charge is 0.393 e. The standard InChI is InChI=1S/C38H60O12/c1-17-8-11-38(46-15-17)18(2)28-26(50-38)14-24-22-7-6-20-12-21(39)13-27(37(20,5)23(22)9-10-36(24,28)4)48-35-33(30(42)25(40)16-45-35)49-34-32(44)31(43)29(41)19(3)47-34/h6,17-19,21-35,39-44H,7-16H2,1-5H3/t17-,18+,19+,21-,22-,23+,24+,25+,26+,27-,28+,29+,30+,31-,32-,33-,34+,35+,36+,37+,38-/m1/s1. The maximum atomic E-state index is 11.1. The summed E-state index contributed by atoms with van der Waals surface area (Å²) in [4.78, 5) is 0. The zero-order chi connectivity index (χ0) is 35.5. The number of rotatable bonds is 4. The number of hydrogen-bond donors (Lipinski definition) is 6. The van der Waals surface area contributed by atoms with Gasteiger partial charge in [0, 0.05) is 24.2 Å². The summed E-state index contributed by atoms with van der Waals surface area (Å²) < 4.78 is 38.0. The first-order valence-corrected chi connectivity index (χ1v) is 19.4. The number of fused-ring (bicyclic) bond motifs is 7. The van der Waals surface area contributed by atoms with Crippen LogP contribution in [0.5, 0.6) is 0 Å². The molecule has 12 heteroatoms. The van der Waals surface area contributed by atoms with Gasteiger partial charge < -0.3 is 59.1 Å². The van der Waals surface area contributed by atoms with E-state index in [0.717, 1.165) is 45.1 Å². The van der Waals surface area contributed by atoms with E-state index in [9.17, 15) is 30.6 Å². The molecule has 4 heterocycles. The Kier molecular flexibility index (Phi) is 9.38. The summed E-state index contributed by atoms with van der Waals surface area (Å²) in [5.41, 5.74) is 0.917. The van der Waals surface area contributed by atoms with Crippen LogP contribution in [-0.4, -0.2) is 123 Å². The number of allylic oxidation sites excluding steroid dienone is 1. The van der Waals surface area contributed by atoms with Crippen LogP contribution in [0.4, 0.5) is 0 Å². The van der Waals surface area contributed by atoms with Crippen LogP contribution in [0.1, 0.15) is 86.0 Å². The predicted octanol–water partition coefficient (Wildman–Crippen LogP) is 2.00. The van der Waals surface area contributed by atoms with Crippen molar-refractivity contribution in [3.63, 3.8) is 0 Å². The van der Waals surface area contributed by atoms with Crippen LogP contribution in [0.3, 0.4) is 0 Å². The van der Waals surface area contributed by atoms with E-state index in [1.165, 1.54) is 5.57 Å². The van der Waals surface area contributed by atoms with Gasteiger partial charge in [0.15, 0.2) is 18.4 Å². The fourth-order valence-electron chi connectivity index (χ4n) is 12.4. The molecule has 0 radical (unpaired) electrons. The van der Waals surface area contributed by atoms with Crippen LogP contribution in [-0.2, 0) is 28.4 Å². The molecule has 8 aliphatic rings. The van der Waals surface area contributed by atoms with Gasteiger partial charge in [-0.05, 0) is 80.5 Å². The van der Waals surface area contributed by atoms with Crippen molar-refractivity contribution in [1.29, 1.82) is 0 Å². The summed E-state index contributed by atoms with van der Waals surface area (Å²) >= 11 is 0. The van der Waals surface area contributed by atoms with E-state index in [2.05, 4.69) is 33.8 Å². The molecule has 8 rings (SSSR count). The lowest BCUT2D eigenvalue weighted by Crippen LogP contribution is -2.63. The lowest BCUT2D eigenvalue weighted by atomic mass is 9.46. The minimum Gasteiger partial charge on any atom is -0.393 e. The van der Waals surface area contributed by atoms with Crippen LogP contribution >= 0.6 is 0 Å². The second-order valence-corrected chi connectivity index (χ2v) is 17.9. The van der Waals surface area contributed by atoms with Crippen molar-refractivity contribution in [3.8, 4) is 0 Å². The Balaban J connectivity index is 1.04. The molecule has 4 saturated heterocycles. The van der Waals surface area contributed by atoms with Crippen molar-refractivity contribution < 1.29 is 59.1 Å². The second-order valence-electron chi connectivity index (χ2n) is 17.9. The highest BCUT2D eigenvalue weighted by atomic mass is 16.8. The van der Waals surface area contributed by atoms with E-state index in [1.54, 1.807) is 6.92 Å². The van der Waals surface area contributed by atoms with E-state index in [0.29, 0.717) is 48.3 Å². The van der Waals surface area contributed by atoms with Gasteiger partial charge in [0.1, 0.15) is 36.6 Å². The maximum Gasteiger partial charge on any atom is 0.187 e. The molecule has 21 atom stereocenters. The van der Waals surface area contributed by atoms with Gasteiger partial charge >= 0.3 is 0 Å². The molecule has 7 fully saturated rings. The van der Waals surface area contributed by atoms with Gasteiger partial charge in [-0.15, -0.1) is 0 Å². The molecule has 12 nitrogen and oxygen atoms in total. The molecular formula is C38H60O12. The summed E-state index contributed by atoms with van der Waals surface area (Å²) in [7, 11) is 0. The third kappa shape index (κ3) is 5.45. The average Bonchev–Trinajstić information content (AvgIpc) is 3.53. The first-order valence-electron chi connectivity index (χ1n) is 19.4. The number of aliphatic hydroxyl groups excluding tert-OH is 6. The zero-order valence-corrected chi connectivity index (χ0v) is 30.2. The molecule has 284 valence electrons. The van der Waals surface area contributed by atoms with Crippen LogP contribution < -0.4 is 0 Å². The normalized spacial score (nSPS) is 59.3. The van der Waals surface area contributed by atoms with Crippen molar-refractivity contribution in [2.75, 3.05) is 13.2 Å². The quantitative estimate of drug-likeness (QED) is 0.235. The van der Waals surface area contributed by atoms with E-state index in [-0.39, 0.29) is 18.1 Å². The Labute approximate surface area is 295 Å². The molecule has 4 aliphatic carbocycles. The predicted molar refractivity (Wildman–Crippen MR) is 177 cm³/mol. The Morgan fingerprint density at radius 1 is 0.820 bits per heavy atom. The lowest BCUT2D eigenvalue weighted by molar-refractivity contribution is -0.362. The van der Waals surface area contributed by atoms with E-state index in [4.69, 9.17) is 28.4 Å². The molecule has 0 aromatic heterocycles. The van der Waals surface area contributed by atoms with Crippen LogP contribution in [0.25, 0.3) is 0 Å². The molecule has 0 amide bonds. The summed E-state index contributed by atoms with van der Waals surface area (Å²) in [6, 6.07) is 0. The highest BCUT2D eigenvalue weighted by Gasteiger charge is 2.69. The molecular weight excluding hydrogens is 648 g/mol. The zero-order valence-electron chi connectivity index (χ0n) is 30.2. The smallest absolute Gasteiger partial charge is 0.187 e. The minimum absolute atomic E-state index is 0.134. The molecule has 0 aromatic carbocycles. The van der Waals surface area contributed by atoms with Crippen LogP contribution in [0.15, 0.2) is 11.6 Å². The summed E-state index contributed by atoms with van der Waals surface area (Å²) in [5, 5.41) is 64.1. The maximum absolute atomic E-state index is 11.1. The monoisotopic (exact) mass is 708 g/mol. The minimum atomic E-state index is -1.60.